The number of nitrogens with one attached hydrogen (secondary N) is 1. The van der Waals surface area contributed by atoms with Crippen LogP contribution in [0.2, 0.25) is 0 Å². The zero-order valence-electron chi connectivity index (χ0n) is 16.4. The number of thioether (sulfide) groups is 1. The Bertz CT molecular complexity index is 1190. The topological polar surface area (TPSA) is 64.0 Å². The van der Waals surface area contributed by atoms with Gasteiger partial charge in [-0.25, -0.2) is 4.39 Å². The van der Waals surface area contributed by atoms with Crippen molar-refractivity contribution in [2.45, 2.75) is 30.2 Å². The molecule has 30 heavy (non-hydrogen) atoms. The van der Waals surface area contributed by atoms with E-state index < -0.39 is 11.7 Å². The number of rotatable bonds is 4. The van der Waals surface area contributed by atoms with Crippen molar-refractivity contribution in [3.8, 4) is 0 Å². The van der Waals surface area contributed by atoms with Gasteiger partial charge in [0.2, 0.25) is 5.91 Å². The summed E-state index contributed by atoms with van der Waals surface area (Å²) in [4.78, 5) is 29.7. The first-order valence-corrected chi connectivity index (χ1v) is 11.2. The number of hydrogen-bond donors (Lipinski definition) is 1. The standard InChI is InChI=1S/C22H19BrFN3O2S/c1-12-3-5-13(6-4-12)11-30-22-26-21(29)19-15(10-18(28)25-20(19)27(22)2)14-7-8-17(24)16(23)9-14/h3-9,15H,10-11H2,1-2H3,(H,25,28)/t15-/m1/s1. The van der Waals surface area contributed by atoms with E-state index in [2.05, 4.69) is 26.2 Å². The fourth-order valence-electron chi connectivity index (χ4n) is 3.51. The molecule has 0 saturated heterocycles. The molecule has 1 aromatic heterocycles. The van der Waals surface area contributed by atoms with E-state index in [1.165, 1.54) is 23.4 Å². The number of aryl methyl sites for hydroxylation is 1. The molecule has 5 nitrogen and oxygen atoms in total. The van der Waals surface area contributed by atoms with Gasteiger partial charge in [-0.1, -0.05) is 47.7 Å². The number of benzene rings is 2. The molecule has 0 unspecified atom stereocenters. The van der Waals surface area contributed by atoms with Crippen molar-refractivity contribution in [1.82, 2.24) is 9.55 Å². The Morgan fingerprint density at radius 3 is 2.67 bits per heavy atom. The molecular weight excluding hydrogens is 469 g/mol. The molecule has 0 spiro atoms. The SMILES string of the molecule is Cc1ccc(CSc2nc(=O)c3c(n2C)NC(=O)C[C@@H]3c2ccc(F)c(Br)c2)cc1. The molecule has 0 aliphatic carbocycles. The van der Waals surface area contributed by atoms with Gasteiger partial charge in [-0.3, -0.25) is 9.59 Å². The Labute approximate surface area is 185 Å². The number of aromatic nitrogens is 2. The summed E-state index contributed by atoms with van der Waals surface area (Å²) in [6.45, 7) is 2.03. The first-order valence-electron chi connectivity index (χ1n) is 9.37. The highest BCUT2D eigenvalue weighted by Gasteiger charge is 2.32. The van der Waals surface area contributed by atoms with Crippen molar-refractivity contribution >= 4 is 39.4 Å². The van der Waals surface area contributed by atoms with E-state index >= 15 is 0 Å². The molecule has 1 aliphatic heterocycles. The molecule has 3 aromatic rings. The fourth-order valence-corrected chi connectivity index (χ4v) is 4.83. The Balaban J connectivity index is 1.71. The summed E-state index contributed by atoms with van der Waals surface area (Å²) in [5.41, 5.74) is 3.05. The van der Waals surface area contributed by atoms with E-state index in [1.54, 1.807) is 23.7 Å². The molecule has 2 heterocycles. The number of carbonyl (C=O) groups is 1. The molecule has 1 aliphatic rings. The average molecular weight is 488 g/mol. The third-order valence-corrected chi connectivity index (χ3v) is 6.84. The maximum atomic E-state index is 13.7. The third kappa shape index (κ3) is 4.06. The fraction of sp³-hybridized carbons (Fsp3) is 0.227. The second-order valence-corrected chi connectivity index (χ2v) is 9.07. The summed E-state index contributed by atoms with van der Waals surface area (Å²) in [6, 6.07) is 12.7. The van der Waals surface area contributed by atoms with Crippen LogP contribution in [0.1, 0.15) is 34.6 Å². The molecule has 0 bridgehead atoms. The lowest BCUT2D eigenvalue weighted by Crippen LogP contribution is -2.33. The van der Waals surface area contributed by atoms with E-state index in [-0.39, 0.29) is 17.9 Å². The number of carbonyl (C=O) groups excluding carboxylic acids is 1. The molecular formula is C22H19BrFN3O2S. The van der Waals surface area contributed by atoms with Crippen molar-refractivity contribution in [1.29, 1.82) is 0 Å². The number of fused-ring (bicyclic) bond motifs is 1. The van der Waals surface area contributed by atoms with Crippen LogP contribution in [-0.2, 0) is 17.6 Å². The number of anilines is 1. The van der Waals surface area contributed by atoms with Crippen LogP contribution in [0.15, 0.2) is 56.9 Å². The van der Waals surface area contributed by atoms with Crippen molar-refractivity contribution in [2.24, 2.45) is 7.05 Å². The lowest BCUT2D eigenvalue weighted by atomic mass is 9.87. The molecule has 4 rings (SSSR count). The first-order chi connectivity index (χ1) is 14.3. The molecule has 1 N–H and O–H groups in total. The quantitative estimate of drug-likeness (QED) is 0.425. The van der Waals surface area contributed by atoms with Crippen LogP contribution in [0, 0.1) is 12.7 Å². The Morgan fingerprint density at radius 2 is 1.97 bits per heavy atom. The van der Waals surface area contributed by atoms with Crippen LogP contribution in [0.25, 0.3) is 0 Å². The molecule has 0 saturated carbocycles. The van der Waals surface area contributed by atoms with Gasteiger partial charge in [-0.15, -0.1) is 0 Å². The molecule has 2 aromatic carbocycles. The molecule has 1 amide bonds. The second-order valence-electron chi connectivity index (χ2n) is 7.27. The van der Waals surface area contributed by atoms with E-state index in [0.29, 0.717) is 32.3 Å². The predicted molar refractivity (Wildman–Crippen MR) is 119 cm³/mol. The lowest BCUT2D eigenvalue weighted by Gasteiger charge is -2.27. The van der Waals surface area contributed by atoms with Crippen molar-refractivity contribution in [2.75, 3.05) is 5.32 Å². The van der Waals surface area contributed by atoms with Gasteiger partial charge >= 0.3 is 0 Å². The van der Waals surface area contributed by atoms with Crippen LogP contribution in [0.4, 0.5) is 10.2 Å². The maximum absolute atomic E-state index is 13.7. The van der Waals surface area contributed by atoms with Gasteiger partial charge in [-0.2, -0.15) is 4.98 Å². The van der Waals surface area contributed by atoms with Crippen LogP contribution < -0.4 is 10.9 Å². The van der Waals surface area contributed by atoms with Crippen LogP contribution in [-0.4, -0.2) is 15.5 Å². The number of nitrogens with zero attached hydrogens (tertiary/aromatic N) is 2. The first kappa shape index (κ1) is 20.8. The van der Waals surface area contributed by atoms with Crippen LogP contribution in [0.5, 0.6) is 0 Å². The molecule has 154 valence electrons. The Hall–Kier alpha value is -2.45. The Morgan fingerprint density at radius 1 is 1.23 bits per heavy atom. The zero-order chi connectivity index (χ0) is 21.4. The third-order valence-electron chi connectivity index (χ3n) is 5.14. The van der Waals surface area contributed by atoms with Crippen molar-refractivity contribution in [3.05, 3.63) is 85.4 Å². The van der Waals surface area contributed by atoms with Crippen molar-refractivity contribution in [3.63, 3.8) is 0 Å². The summed E-state index contributed by atoms with van der Waals surface area (Å²) >= 11 is 4.62. The molecule has 8 heteroatoms. The largest absolute Gasteiger partial charge is 0.312 e. The van der Waals surface area contributed by atoms with Gasteiger partial charge < -0.3 is 9.88 Å². The minimum absolute atomic E-state index is 0.109. The highest BCUT2D eigenvalue weighted by atomic mass is 79.9. The smallest absolute Gasteiger partial charge is 0.279 e. The predicted octanol–water partition coefficient (Wildman–Crippen LogP) is 4.76. The average Bonchev–Trinajstić information content (AvgIpc) is 2.72. The summed E-state index contributed by atoms with van der Waals surface area (Å²) in [7, 11) is 1.78. The normalized spacial score (nSPS) is 15.6. The van der Waals surface area contributed by atoms with E-state index in [9.17, 15) is 14.0 Å². The Kier molecular flexibility index (Phi) is 5.79. The number of hydrogen-bond acceptors (Lipinski definition) is 4. The summed E-state index contributed by atoms with van der Waals surface area (Å²) in [5, 5.41) is 3.35. The molecule has 0 radical (unpaired) electrons. The van der Waals surface area contributed by atoms with Gasteiger partial charge in [0.1, 0.15) is 11.6 Å². The zero-order valence-corrected chi connectivity index (χ0v) is 18.8. The monoisotopic (exact) mass is 487 g/mol. The van der Waals surface area contributed by atoms with Gasteiger partial charge in [0, 0.05) is 25.1 Å². The highest BCUT2D eigenvalue weighted by Crippen LogP contribution is 2.37. The van der Waals surface area contributed by atoms with Crippen LogP contribution in [0.3, 0.4) is 0 Å². The summed E-state index contributed by atoms with van der Waals surface area (Å²) in [6.07, 6.45) is 0.109. The van der Waals surface area contributed by atoms with Gasteiger partial charge in [0.25, 0.3) is 5.56 Å². The van der Waals surface area contributed by atoms with Gasteiger partial charge in [0.15, 0.2) is 5.16 Å². The minimum atomic E-state index is -0.479. The minimum Gasteiger partial charge on any atom is -0.312 e. The number of halogens is 2. The molecule has 1 atom stereocenters. The van der Waals surface area contributed by atoms with E-state index in [4.69, 9.17) is 0 Å². The lowest BCUT2D eigenvalue weighted by molar-refractivity contribution is -0.116. The molecule has 0 fully saturated rings. The second kappa shape index (κ2) is 8.35. The van der Waals surface area contributed by atoms with E-state index in [1.807, 2.05) is 31.2 Å². The summed E-state index contributed by atoms with van der Waals surface area (Å²) in [5.74, 6) is 0.0367. The maximum Gasteiger partial charge on any atom is 0.279 e. The van der Waals surface area contributed by atoms with Crippen molar-refractivity contribution < 1.29 is 9.18 Å². The number of amides is 1. The van der Waals surface area contributed by atoms with Crippen LogP contribution >= 0.6 is 27.7 Å². The van der Waals surface area contributed by atoms with Gasteiger partial charge in [0.05, 0.1) is 10.0 Å². The summed E-state index contributed by atoms with van der Waals surface area (Å²) < 4.78 is 15.7. The van der Waals surface area contributed by atoms with Gasteiger partial charge in [-0.05, 0) is 46.1 Å². The van der Waals surface area contributed by atoms with E-state index in [0.717, 1.165) is 5.56 Å². The highest BCUT2D eigenvalue weighted by molar-refractivity contribution is 9.10.